The van der Waals surface area contributed by atoms with Crippen molar-refractivity contribution in [1.82, 2.24) is 19.5 Å². The molecule has 6 nitrogen and oxygen atoms in total. The molecule has 0 aliphatic heterocycles. The maximum atomic E-state index is 12.3. The van der Waals surface area contributed by atoms with Gasteiger partial charge in [-0.3, -0.25) is 0 Å². The molecule has 0 bridgehead atoms. The van der Waals surface area contributed by atoms with Crippen molar-refractivity contribution < 1.29 is 8.42 Å². The van der Waals surface area contributed by atoms with Gasteiger partial charge in [-0.15, -0.1) is 0 Å². The molecule has 0 aliphatic carbocycles. The summed E-state index contributed by atoms with van der Waals surface area (Å²) in [6.45, 7) is 0.816. The quantitative estimate of drug-likeness (QED) is 0.682. The lowest BCUT2D eigenvalue weighted by molar-refractivity contribution is 0.581. The van der Waals surface area contributed by atoms with Crippen LogP contribution in [-0.2, 0) is 23.1 Å². The Labute approximate surface area is 148 Å². The molecule has 1 aromatic heterocycles. The number of rotatable bonds is 6. The van der Waals surface area contributed by atoms with Crippen LogP contribution in [-0.4, -0.2) is 23.2 Å². The molecule has 0 spiro atoms. The van der Waals surface area contributed by atoms with Gasteiger partial charge < -0.3 is 0 Å². The van der Waals surface area contributed by atoms with Crippen LogP contribution < -0.4 is 4.72 Å². The molecule has 3 aromatic rings. The first-order valence-electron chi connectivity index (χ1n) is 7.18. The molecular formula is C16H15BrN4O2S. The molecule has 0 saturated carbocycles. The second-order valence-electron chi connectivity index (χ2n) is 5.19. The average molecular weight is 407 g/mol. The number of hydrogen-bond acceptors (Lipinski definition) is 4. The fourth-order valence-electron chi connectivity index (χ4n) is 2.21. The molecule has 0 saturated heterocycles. The van der Waals surface area contributed by atoms with E-state index in [0.717, 1.165) is 15.6 Å². The maximum Gasteiger partial charge on any atom is 0.240 e. The number of sulfonamides is 1. The van der Waals surface area contributed by atoms with Gasteiger partial charge in [0, 0.05) is 11.0 Å². The second-order valence-corrected chi connectivity index (χ2v) is 7.87. The monoisotopic (exact) mass is 406 g/mol. The number of nitrogens with one attached hydrogen (secondary N) is 1. The van der Waals surface area contributed by atoms with Gasteiger partial charge >= 0.3 is 0 Å². The Hall–Kier alpha value is -2.03. The predicted molar refractivity (Wildman–Crippen MR) is 93.7 cm³/mol. The molecule has 124 valence electrons. The number of benzene rings is 2. The minimum Gasteiger partial charge on any atom is -0.249 e. The highest BCUT2D eigenvalue weighted by molar-refractivity contribution is 9.10. The molecular weight excluding hydrogens is 392 g/mol. The van der Waals surface area contributed by atoms with Crippen molar-refractivity contribution >= 4 is 26.0 Å². The van der Waals surface area contributed by atoms with Crippen LogP contribution in [0.25, 0.3) is 0 Å². The molecule has 1 N–H and O–H groups in total. The Bertz CT molecular complexity index is 910. The lowest BCUT2D eigenvalue weighted by Crippen LogP contribution is -2.23. The van der Waals surface area contributed by atoms with Crippen molar-refractivity contribution in [2.24, 2.45) is 0 Å². The molecule has 1 heterocycles. The molecule has 0 amide bonds. The van der Waals surface area contributed by atoms with Crippen LogP contribution in [0.3, 0.4) is 0 Å². The Kier molecular flexibility index (Phi) is 5.08. The molecule has 8 heteroatoms. The predicted octanol–water partition coefficient (Wildman–Crippen LogP) is 2.57. The van der Waals surface area contributed by atoms with Gasteiger partial charge in [0.1, 0.15) is 12.7 Å². The van der Waals surface area contributed by atoms with Gasteiger partial charge in [-0.1, -0.05) is 40.2 Å². The van der Waals surface area contributed by atoms with E-state index in [1.807, 2.05) is 24.3 Å². The van der Waals surface area contributed by atoms with Crippen LogP contribution in [0.4, 0.5) is 0 Å². The summed E-state index contributed by atoms with van der Waals surface area (Å²) in [4.78, 5) is 4.15. The first kappa shape index (κ1) is 16.8. The average Bonchev–Trinajstić information content (AvgIpc) is 3.07. The summed E-state index contributed by atoms with van der Waals surface area (Å²) in [5, 5.41) is 4.06. The summed E-state index contributed by atoms with van der Waals surface area (Å²) in [6, 6.07) is 14.2. The van der Waals surface area contributed by atoms with E-state index in [2.05, 4.69) is 30.7 Å². The van der Waals surface area contributed by atoms with E-state index in [1.165, 1.54) is 6.33 Å². The van der Waals surface area contributed by atoms with Crippen LogP contribution in [0.5, 0.6) is 0 Å². The SMILES string of the molecule is O=S(=O)(NCc1cccc(Cn2cncn2)c1)c1ccc(Br)cc1. The fraction of sp³-hybridized carbons (Fsp3) is 0.125. The zero-order valence-corrected chi connectivity index (χ0v) is 15.0. The van der Waals surface area contributed by atoms with Gasteiger partial charge in [0.15, 0.2) is 0 Å². The molecule has 3 rings (SSSR count). The van der Waals surface area contributed by atoms with Gasteiger partial charge in [0.25, 0.3) is 0 Å². The van der Waals surface area contributed by atoms with Gasteiger partial charge in [-0.05, 0) is 35.4 Å². The second kappa shape index (κ2) is 7.25. The van der Waals surface area contributed by atoms with E-state index in [9.17, 15) is 8.42 Å². The Morgan fingerprint density at radius 3 is 2.54 bits per heavy atom. The Morgan fingerprint density at radius 1 is 1.08 bits per heavy atom. The normalized spacial score (nSPS) is 11.5. The van der Waals surface area contributed by atoms with Gasteiger partial charge in [0.05, 0.1) is 11.4 Å². The van der Waals surface area contributed by atoms with Gasteiger partial charge in [-0.25, -0.2) is 22.8 Å². The first-order chi connectivity index (χ1) is 11.5. The van der Waals surface area contributed by atoms with Crippen molar-refractivity contribution in [1.29, 1.82) is 0 Å². The number of aromatic nitrogens is 3. The summed E-state index contributed by atoms with van der Waals surface area (Å²) in [7, 11) is -3.54. The summed E-state index contributed by atoms with van der Waals surface area (Å²) in [6.07, 6.45) is 3.12. The third-order valence-electron chi connectivity index (χ3n) is 3.39. The van der Waals surface area contributed by atoms with Crippen LogP contribution in [0.15, 0.2) is 70.6 Å². The van der Waals surface area contributed by atoms with E-state index in [0.29, 0.717) is 6.54 Å². The topological polar surface area (TPSA) is 76.9 Å². The van der Waals surface area contributed by atoms with Gasteiger partial charge in [-0.2, -0.15) is 5.10 Å². The zero-order chi connectivity index (χ0) is 17.0. The van der Waals surface area contributed by atoms with Crippen molar-refractivity contribution in [2.45, 2.75) is 18.0 Å². The molecule has 0 aliphatic rings. The minimum absolute atomic E-state index is 0.226. The van der Waals surface area contributed by atoms with E-state index < -0.39 is 10.0 Å². The summed E-state index contributed by atoms with van der Waals surface area (Å²) in [5.74, 6) is 0. The molecule has 2 aromatic carbocycles. The molecule has 0 fully saturated rings. The first-order valence-corrected chi connectivity index (χ1v) is 9.46. The zero-order valence-electron chi connectivity index (χ0n) is 12.6. The van der Waals surface area contributed by atoms with Crippen LogP contribution in [0, 0.1) is 0 Å². The van der Waals surface area contributed by atoms with E-state index in [-0.39, 0.29) is 11.4 Å². The highest BCUT2D eigenvalue weighted by atomic mass is 79.9. The highest BCUT2D eigenvalue weighted by Crippen LogP contribution is 2.15. The third kappa shape index (κ3) is 4.28. The summed E-state index contributed by atoms with van der Waals surface area (Å²) >= 11 is 3.29. The van der Waals surface area contributed by atoms with E-state index in [1.54, 1.807) is 35.3 Å². The maximum absolute atomic E-state index is 12.3. The smallest absolute Gasteiger partial charge is 0.240 e. The van der Waals surface area contributed by atoms with Crippen molar-refractivity contribution in [3.63, 3.8) is 0 Å². The summed E-state index contributed by atoms with van der Waals surface area (Å²) in [5.41, 5.74) is 1.91. The highest BCUT2D eigenvalue weighted by Gasteiger charge is 2.13. The van der Waals surface area contributed by atoms with E-state index in [4.69, 9.17) is 0 Å². The number of nitrogens with zero attached hydrogens (tertiary/aromatic N) is 3. The fourth-order valence-corrected chi connectivity index (χ4v) is 3.50. The largest absolute Gasteiger partial charge is 0.249 e. The number of halogens is 1. The number of hydrogen-bond donors (Lipinski definition) is 1. The van der Waals surface area contributed by atoms with Crippen LogP contribution in [0.1, 0.15) is 11.1 Å². The van der Waals surface area contributed by atoms with Crippen LogP contribution in [0.2, 0.25) is 0 Å². The van der Waals surface area contributed by atoms with Crippen molar-refractivity contribution in [3.8, 4) is 0 Å². The third-order valence-corrected chi connectivity index (χ3v) is 5.34. The summed E-state index contributed by atoms with van der Waals surface area (Å²) < 4.78 is 29.8. The standard InChI is InChI=1S/C16H15BrN4O2S/c17-15-4-6-16(7-5-15)24(22,23)20-9-13-2-1-3-14(8-13)10-21-12-18-11-19-21/h1-8,11-12,20H,9-10H2. The molecule has 0 radical (unpaired) electrons. The molecule has 0 unspecified atom stereocenters. The lowest BCUT2D eigenvalue weighted by Gasteiger charge is -2.08. The molecule has 24 heavy (non-hydrogen) atoms. The Balaban J connectivity index is 1.69. The van der Waals surface area contributed by atoms with E-state index >= 15 is 0 Å². The minimum atomic E-state index is -3.54. The van der Waals surface area contributed by atoms with Gasteiger partial charge in [0.2, 0.25) is 10.0 Å². The lowest BCUT2D eigenvalue weighted by atomic mass is 10.1. The van der Waals surface area contributed by atoms with Crippen molar-refractivity contribution in [2.75, 3.05) is 0 Å². The molecule has 0 atom stereocenters. The Morgan fingerprint density at radius 2 is 1.83 bits per heavy atom. The van der Waals surface area contributed by atoms with Crippen LogP contribution >= 0.6 is 15.9 Å². The van der Waals surface area contributed by atoms with Crippen molar-refractivity contribution in [3.05, 3.63) is 76.8 Å².